The van der Waals surface area contributed by atoms with Crippen LogP contribution in [0.15, 0.2) is 48.5 Å². The Labute approximate surface area is 170 Å². The van der Waals surface area contributed by atoms with Gasteiger partial charge < -0.3 is 10.1 Å². The number of amides is 1. The van der Waals surface area contributed by atoms with E-state index in [-0.39, 0.29) is 23.7 Å². The van der Waals surface area contributed by atoms with E-state index in [0.29, 0.717) is 23.7 Å². The fraction of sp³-hybridized carbons (Fsp3) is 0.409. The van der Waals surface area contributed by atoms with Crippen LogP contribution in [0, 0.1) is 11.7 Å². The van der Waals surface area contributed by atoms with Crippen LogP contribution in [0.1, 0.15) is 25.3 Å². The molecule has 1 atom stereocenters. The normalized spacial score (nSPS) is 16.5. The number of carbonyl (C=O) groups excluding carboxylic acids is 1. The number of hydrogen-bond donors (Lipinski definition) is 1. The zero-order chi connectivity index (χ0) is 19.9. The summed E-state index contributed by atoms with van der Waals surface area (Å²) in [7, 11) is 0. The number of benzene rings is 2. The number of halogens is 2. The fourth-order valence-electron chi connectivity index (χ4n) is 3.38. The fourth-order valence-corrected chi connectivity index (χ4v) is 3.54. The van der Waals surface area contributed by atoms with Crippen LogP contribution in [0.3, 0.4) is 0 Å². The molecule has 4 nitrogen and oxygen atoms in total. The number of para-hydroxylation sites is 1. The number of ether oxygens (including phenoxy) is 1. The van der Waals surface area contributed by atoms with Gasteiger partial charge in [-0.1, -0.05) is 35.9 Å². The molecule has 6 heteroatoms. The summed E-state index contributed by atoms with van der Waals surface area (Å²) in [4.78, 5) is 14.7. The lowest BCUT2D eigenvalue weighted by atomic mass is 9.95. The van der Waals surface area contributed by atoms with Gasteiger partial charge in [-0.2, -0.15) is 0 Å². The van der Waals surface area contributed by atoms with Gasteiger partial charge >= 0.3 is 0 Å². The Kier molecular flexibility index (Phi) is 7.29. The van der Waals surface area contributed by atoms with Gasteiger partial charge in [0.1, 0.15) is 18.2 Å². The second-order valence-electron chi connectivity index (χ2n) is 7.32. The van der Waals surface area contributed by atoms with Crippen molar-refractivity contribution in [1.82, 2.24) is 10.2 Å². The van der Waals surface area contributed by atoms with Crippen molar-refractivity contribution in [3.8, 4) is 5.75 Å². The molecule has 1 fully saturated rings. The molecule has 28 heavy (non-hydrogen) atoms. The van der Waals surface area contributed by atoms with Gasteiger partial charge in [-0.15, -0.1) is 0 Å². The summed E-state index contributed by atoms with van der Waals surface area (Å²) in [5.74, 6) is 0.581. The van der Waals surface area contributed by atoms with E-state index >= 15 is 0 Å². The molecule has 150 valence electrons. The van der Waals surface area contributed by atoms with E-state index in [4.69, 9.17) is 16.3 Å². The number of hydrogen-bond acceptors (Lipinski definition) is 3. The quantitative estimate of drug-likeness (QED) is 0.749. The molecular weight excluding hydrogens is 379 g/mol. The standard InChI is InChI=1S/C22H26ClFN2O2/c1-16(15-28-20-5-3-2-4-6-20)25-22(27)17-9-11-26(12-10-17)14-18-7-8-19(23)13-21(18)24/h2-8,13,16-17H,9-12,14-15H2,1H3,(H,25,27). The van der Waals surface area contributed by atoms with Gasteiger partial charge in [0.15, 0.2) is 0 Å². The molecule has 2 aromatic carbocycles. The molecule has 1 aliphatic heterocycles. The molecule has 1 heterocycles. The van der Waals surface area contributed by atoms with E-state index in [2.05, 4.69) is 10.2 Å². The average Bonchev–Trinajstić information content (AvgIpc) is 2.70. The first kappa shape index (κ1) is 20.6. The van der Waals surface area contributed by atoms with Crippen molar-refractivity contribution in [2.75, 3.05) is 19.7 Å². The molecule has 1 unspecified atom stereocenters. The molecule has 1 saturated heterocycles. The first-order valence-electron chi connectivity index (χ1n) is 9.66. The molecule has 1 N–H and O–H groups in total. The Morgan fingerprint density at radius 1 is 1.25 bits per heavy atom. The van der Waals surface area contributed by atoms with Gasteiger partial charge in [-0.3, -0.25) is 9.69 Å². The molecule has 0 aliphatic carbocycles. The molecule has 1 amide bonds. The Morgan fingerprint density at radius 3 is 2.64 bits per heavy atom. The highest BCUT2D eigenvalue weighted by atomic mass is 35.5. The summed E-state index contributed by atoms with van der Waals surface area (Å²) < 4.78 is 19.7. The van der Waals surface area contributed by atoms with Crippen LogP contribution in [-0.2, 0) is 11.3 Å². The lowest BCUT2D eigenvalue weighted by molar-refractivity contribution is -0.127. The van der Waals surface area contributed by atoms with Gasteiger partial charge in [0, 0.05) is 23.0 Å². The van der Waals surface area contributed by atoms with E-state index in [0.717, 1.165) is 31.7 Å². The molecule has 0 saturated carbocycles. The molecule has 2 aromatic rings. The second-order valence-corrected chi connectivity index (χ2v) is 7.76. The van der Waals surface area contributed by atoms with E-state index in [1.807, 2.05) is 37.3 Å². The summed E-state index contributed by atoms with van der Waals surface area (Å²) >= 11 is 5.81. The number of piperidine rings is 1. The maximum atomic E-state index is 14.0. The smallest absolute Gasteiger partial charge is 0.223 e. The molecule has 0 radical (unpaired) electrons. The molecule has 3 rings (SSSR count). The second kappa shape index (κ2) is 9.89. The molecule has 0 spiro atoms. The molecule has 0 bridgehead atoms. The average molecular weight is 405 g/mol. The Balaban J connectivity index is 1.40. The number of nitrogens with one attached hydrogen (secondary N) is 1. The summed E-state index contributed by atoms with van der Waals surface area (Å²) in [6.45, 7) is 4.46. The van der Waals surface area contributed by atoms with Crippen LogP contribution in [0.2, 0.25) is 5.02 Å². The summed E-state index contributed by atoms with van der Waals surface area (Å²) in [5.41, 5.74) is 0.638. The van der Waals surface area contributed by atoms with E-state index < -0.39 is 0 Å². The lowest BCUT2D eigenvalue weighted by Gasteiger charge is -2.32. The van der Waals surface area contributed by atoms with Crippen LogP contribution in [0.4, 0.5) is 4.39 Å². The van der Waals surface area contributed by atoms with E-state index in [1.165, 1.54) is 6.07 Å². The third kappa shape index (κ3) is 5.94. The number of likely N-dealkylation sites (tertiary alicyclic amines) is 1. The Morgan fingerprint density at radius 2 is 1.96 bits per heavy atom. The van der Waals surface area contributed by atoms with Gasteiger partial charge in [0.2, 0.25) is 5.91 Å². The van der Waals surface area contributed by atoms with Crippen molar-refractivity contribution in [3.05, 3.63) is 64.9 Å². The number of carbonyl (C=O) groups is 1. The maximum absolute atomic E-state index is 14.0. The lowest BCUT2D eigenvalue weighted by Crippen LogP contribution is -2.44. The van der Waals surface area contributed by atoms with Gasteiger partial charge in [0.25, 0.3) is 0 Å². The van der Waals surface area contributed by atoms with Gasteiger partial charge in [-0.25, -0.2) is 4.39 Å². The zero-order valence-electron chi connectivity index (χ0n) is 16.0. The van der Waals surface area contributed by atoms with Crippen molar-refractivity contribution >= 4 is 17.5 Å². The van der Waals surface area contributed by atoms with E-state index in [9.17, 15) is 9.18 Å². The molecular formula is C22H26ClFN2O2. The van der Waals surface area contributed by atoms with Crippen LogP contribution < -0.4 is 10.1 Å². The van der Waals surface area contributed by atoms with Crippen LogP contribution >= 0.6 is 11.6 Å². The topological polar surface area (TPSA) is 41.6 Å². The molecule has 1 aliphatic rings. The number of nitrogens with zero attached hydrogens (tertiary/aromatic N) is 1. The van der Waals surface area contributed by atoms with Crippen molar-refractivity contribution in [2.24, 2.45) is 5.92 Å². The predicted octanol–water partition coefficient (Wildman–Crippen LogP) is 4.27. The van der Waals surface area contributed by atoms with Crippen molar-refractivity contribution in [2.45, 2.75) is 32.4 Å². The third-order valence-electron chi connectivity index (χ3n) is 5.00. The Bertz CT molecular complexity index is 779. The third-order valence-corrected chi connectivity index (χ3v) is 5.23. The first-order chi connectivity index (χ1) is 13.5. The zero-order valence-corrected chi connectivity index (χ0v) is 16.8. The van der Waals surface area contributed by atoms with Crippen LogP contribution in [-0.4, -0.2) is 36.5 Å². The highest BCUT2D eigenvalue weighted by molar-refractivity contribution is 6.30. The van der Waals surface area contributed by atoms with Gasteiger partial charge in [-0.05, 0) is 57.1 Å². The van der Waals surface area contributed by atoms with Gasteiger partial charge in [0.05, 0.1) is 6.04 Å². The minimum absolute atomic E-state index is 0.00881. The highest BCUT2D eigenvalue weighted by Crippen LogP contribution is 2.22. The monoisotopic (exact) mass is 404 g/mol. The largest absolute Gasteiger partial charge is 0.491 e. The summed E-state index contributed by atoms with van der Waals surface area (Å²) in [5, 5.41) is 3.45. The highest BCUT2D eigenvalue weighted by Gasteiger charge is 2.26. The van der Waals surface area contributed by atoms with Crippen molar-refractivity contribution in [1.29, 1.82) is 0 Å². The van der Waals surface area contributed by atoms with Crippen LogP contribution in [0.25, 0.3) is 0 Å². The Hall–Kier alpha value is -2.11. The van der Waals surface area contributed by atoms with Crippen LogP contribution in [0.5, 0.6) is 5.75 Å². The molecule has 0 aromatic heterocycles. The predicted molar refractivity (Wildman–Crippen MR) is 109 cm³/mol. The minimum atomic E-state index is -0.278. The number of rotatable bonds is 7. The summed E-state index contributed by atoms with van der Waals surface area (Å²) in [6.07, 6.45) is 1.54. The van der Waals surface area contributed by atoms with Crippen molar-refractivity contribution < 1.29 is 13.9 Å². The maximum Gasteiger partial charge on any atom is 0.223 e. The first-order valence-corrected chi connectivity index (χ1v) is 10.0. The SMILES string of the molecule is CC(COc1ccccc1)NC(=O)C1CCN(Cc2ccc(Cl)cc2F)CC1. The van der Waals surface area contributed by atoms with E-state index in [1.54, 1.807) is 12.1 Å². The minimum Gasteiger partial charge on any atom is -0.491 e. The van der Waals surface area contributed by atoms with Crippen molar-refractivity contribution in [3.63, 3.8) is 0 Å². The summed E-state index contributed by atoms with van der Waals surface area (Å²) in [6, 6.07) is 14.3.